The molecule has 5 nitrogen and oxygen atoms in total. The van der Waals surface area contributed by atoms with E-state index in [0.29, 0.717) is 0 Å². The Morgan fingerprint density at radius 3 is 2.94 bits per heavy atom. The molecule has 2 rings (SSSR count). The molecule has 18 heavy (non-hydrogen) atoms. The fourth-order valence-corrected chi connectivity index (χ4v) is 2.12. The summed E-state index contributed by atoms with van der Waals surface area (Å²) in [6.07, 6.45) is 4.66. The van der Waals surface area contributed by atoms with Gasteiger partial charge in [-0.25, -0.2) is 0 Å². The van der Waals surface area contributed by atoms with Crippen LogP contribution in [0, 0.1) is 0 Å². The maximum absolute atomic E-state index is 5.67. The number of nitrogens with zero attached hydrogens (tertiary/aromatic N) is 3. The van der Waals surface area contributed by atoms with Crippen LogP contribution in [0.5, 0.6) is 0 Å². The first-order valence-electron chi connectivity index (χ1n) is 5.89. The minimum absolute atomic E-state index is 0.756. The molecule has 0 aromatic carbocycles. The predicted molar refractivity (Wildman–Crippen MR) is 72.3 cm³/mol. The fraction of sp³-hybridized carbons (Fsp3) is 0.500. The Morgan fingerprint density at radius 2 is 2.22 bits per heavy atom. The van der Waals surface area contributed by atoms with Crippen molar-refractivity contribution in [2.45, 2.75) is 18.7 Å². The molecular weight excluding hydrogens is 248 g/mol. The minimum Gasteiger partial charge on any atom is -0.464 e. The Bertz CT molecular complexity index is 480. The number of furan rings is 1. The third-order valence-corrected chi connectivity index (χ3v) is 3.21. The monoisotopic (exact) mass is 266 g/mol. The van der Waals surface area contributed by atoms with Crippen molar-refractivity contribution in [3.8, 4) is 0 Å². The van der Waals surface area contributed by atoms with E-state index in [9.17, 15) is 0 Å². The SMILES string of the molecule is CSCc1ccc(CNCCc2nncn2C)o1. The van der Waals surface area contributed by atoms with Crippen LogP contribution in [-0.4, -0.2) is 27.6 Å². The molecule has 0 aliphatic rings. The van der Waals surface area contributed by atoms with Crippen LogP contribution in [0.15, 0.2) is 22.9 Å². The number of aromatic nitrogens is 3. The van der Waals surface area contributed by atoms with Gasteiger partial charge in [0.2, 0.25) is 0 Å². The van der Waals surface area contributed by atoms with Gasteiger partial charge in [0.25, 0.3) is 0 Å². The predicted octanol–water partition coefficient (Wildman–Crippen LogP) is 1.60. The van der Waals surface area contributed by atoms with Crippen molar-refractivity contribution >= 4 is 11.8 Å². The van der Waals surface area contributed by atoms with Crippen molar-refractivity contribution in [1.29, 1.82) is 0 Å². The Hall–Kier alpha value is -1.27. The molecule has 0 radical (unpaired) electrons. The summed E-state index contributed by atoms with van der Waals surface area (Å²) in [5.74, 6) is 3.94. The largest absolute Gasteiger partial charge is 0.464 e. The molecule has 0 fully saturated rings. The highest BCUT2D eigenvalue weighted by Crippen LogP contribution is 2.13. The molecular formula is C12H18N4OS. The number of hydrogen-bond donors (Lipinski definition) is 1. The molecule has 0 saturated heterocycles. The minimum atomic E-state index is 0.756. The molecule has 98 valence electrons. The van der Waals surface area contributed by atoms with Crippen LogP contribution >= 0.6 is 11.8 Å². The van der Waals surface area contributed by atoms with Crippen molar-refractivity contribution in [2.24, 2.45) is 7.05 Å². The van der Waals surface area contributed by atoms with E-state index in [-0.39, 0.29) is 0 Å². The Balaban J connectivity index is 1.70. The molecule has 2 aromatic rings. The van der Waals surface area contributed by atoms with Crippen molar-refractivity contribution < 1.29 is 4.42 Å². The average Bonchev–Trinajstić information content (AvgIpc) is 2.95. The summed E-state index contributed by atoms with van der Waals surface area (Å²) in [6.45, 7) is 1.62. The number of rotatable bonds is 7. The van der Waals surface area contributed by atoms with Gasteiger partial charge in [-0.05, 0) is 18.4 Å². The van der Waals surface area contributed by atoms with Crippen LogP contribution in [0.1, 0.15) is 17.3 Å². The van der Waals surface area contributed by atoms with Crippen molar-refractivity contribution in [3.05, 3.63) is 35.8 Å². The molecule has 0 bridgehead atoms. The van der Waals surface area contributed by atoms with Gasteiger partial charge in [0.1, 0.15) is 23.7 Å². The van der Waals surface area contributed by atoms with Crippen molar-refractivity contribution in [2.75, 3.05) is 12.8 Å². The zero-order valence-electron chi connectivity index (χ0n) is 10.7. The van der Waals surface area contributed by atoms with E-state index in [0.717, 1.165) is 42.6 Å². The first kappa shape index (κ1) is 13.2. The van der Waals surface area contributed by atoms with E-state index in [1.54, 1.807) is 18.1 Å². The molecule has 0 aliphatic carbocycles. The summed E-state index contributed by atoms with van der Waals surface area (Å²) in [5.41, 5.74) is 0. The Morgan fingerprint density at radius 1 is 1.39 bits per heavy atom. The summed E-state index contributed by atoms with van der Waals surface area (Å²) in [6, 6.07) is 4.07. The van der Waals surface area contributed by atoms with E-state index in [4.69, 9.17) is 4.42 Å². The smallest absolute Gasteiger partial charge is 0.133 e. The molecule has 6 heteroatoms. The van der Waals surface area contributed by atoms with Crippen molar-refractivity contribution in [1.82, 2.24) is 20.1 Å². The lowest BCUT2D eigenvalue weighted by molar-refractivity contribution is 0.459. The molecule has 0 unspecified atom stereocenters. The molecule has 0 amide bonds. The van der Waals surface area contributed by atoms with Crippen LogP contribution in [0.4, 0.5) is 0 Å². The number of hydrogen-bond acceptors (Lipinski definition) is 5. The van der Waals surface area contributed by atoms with Crippen LogP contribution < -0.4 is 5.32 Å². The van der Waals surface area contributed by atoms with E-state index < -0.39 is 0 Å². The van der Waals surface area contributed by atoms with E-state index >= 15 is 0 Å². The summed E-state index contributed by atoms with van der Waals surface area (Å²) in [7, 11) is 1.95. The highest BCUT2D eigenvalue weighted by atomic mass is 32.2. The summed E-state index contributed by atoms with van der Waals surface area (Å²) in [4.78, 5) is 0. The van der Waals surface area contributed by atoms with Crippen LogP contribution in [-0.2, 0) is 25.8 Å². The summed E-state index contributed by atoms with van der Waals surface area (Å²) in [5, 5.41) is 11.2. The van der Waals surface area contributed by atoms with Gasteiger partial charge in [0.05, 0.1) is 12.3 Å². The molecule has 0 spiro atoms. The Labute approximate surface area is 111 Å². The molecule has 2 aromatic heterocycles. The highest BCUT2D eigenvalue weighted by Gasteiger charge is 2.02. The van der Waals surface area contributed by atoms with E-state index in [2.05, 4.69) is 21.8 Å². The zero-order chi connectivity index (χ0) is 12.8. The molecule has 0 saturated carbocycles. The van der Waals surface area contributed by atoms with E-state index in [1.807, 2.05) is 23.7 Å². The highest BCUT2D eigenvalue weighted by molar-refractivity contribution is 7.97. The third kappa shape index (κ3) is 3.61. The second kappa shape index (κ2) is 6.61. The van der Waals surface area contributed by atoms with Gasteiger partial charge in [-0.1, -0.05) is 0 Å². The van der Waals surface area contributed by atoms with Crippen molar-refractivity contribution in [3.63, 3.8) is 0 Å². The van der Waals surface area contributed by atoms with Gasteiger partial charge in [-0.15, -0.1) is 10.2 Å². The maximum atomic E-state index is 5.67. The first-order chi connectivity index (χ1) is 8.79. The van der Waals surface area contributed by atoms with Gasteiger partial charge in [0.15, 0.2) is 0 Å². The molecule has 2 heterocycles. The molecule has 1 N–H and O–H groups in total. The lowest BCUT2D eigenvalue weighted by atomic mass is 10.3. The van der Waals surface area contributed by atoms with Crippen LogP contribution in [0.3, 0.4) is 0 Å². The van der Waals surface area contributed by atoms with Gasteiger partial charge < -0.3 is 14.3 Å². The summed E-state index contributed by atoms with van der Waals surface area (Å²) < 4.78 is 7.60. The second-order valence-electron chi connectivity index (χ2n) is 4.09. The lowest BCUT2D eigenvalue weighted by Gasteiger charge is -2.02. The molecule has 0 aliphatic heterocycles. The van der Waals surface area contributed by atoms with Gasteiger partial charge >= 0.3 is 0 Å². The van der Waals surface area contributed by atoms with Gasteiger partial charge in [-0.3, -0.25) is 0 Å². The molecule has 0 atom stereocenters. The lowest BCUT2D eigenvalue weighted by Crippen LogP contribution is -2.17. The second-order valence-corrected chi connectivity index (χ2v) is 4.95. The topological polar surface area (TPSA) is 55.9 Å². The number of thioether (sulfide) groups is 1. The van der Waals surface area contributed by atoms with E-state index in [1.165, 1.54) is 0 Å². The van der Waals surface area contributed by atoms with Gasteiger partial charge in [0, 0.05) is 20.0 Å². The standard InChI is InChI=1S/C12H18N4OS/c1-16-9-14-15-12(16)5-6-13-7-10-3-4-11(17-10)8-18-2/h3-4,9,13H,5-8H2,1-2H3. The maximum Gasteiger partial charge on any atom is 0.133 e. The zero-order valence-corrected chi connectivity index (χ0v) is 11.5. The van der Waals surface area contributed by atoms with Crippen LogP contribution in [0.25, 0.3) is 0 Å². The third-order valence-electron chi connectivity index (χ3n) is 2.63. The van der Waals surface area contributed by atoms with Gasteiger partial charge in [-0.2, -0.15) is 11.8 Å². The van der Waals surface area contributed by atoms with Crippen LogP contribution in [0.2, 0.25) is 0 Å². The Kier molecular flexibility index (Phi) is 4.83. The average molecular weight is 266 g/mol. The normalized spacial score (nSPS) is 11.0. The number of aryl methyl sites for hydroxylation is 1. The summed E-state index contributed by atoms with van der Waals surface area (Å²) >= 11 is 1.76. The quantitative estimate of drug-likeness (QED) is 0.772. The number of nitrogens with one attached hydrogen (secondary N) is 1. The fourth-order valence-electron chi connectivity index (χ4n) is 1.68. The first-order valence-corrected chi connectivity index (χ1v) is 7.29.